The van der Waals surface area contributed by atoms with Gasteiger partial charge in [-0.1, -0.05) is 50.6 Å². The van der Waals surface area contributed by atoms with Crippen LogP contribution in [0.25, 0.3) is 0 Å². The second kappa shape index (κ2) is 10.4. The van der Waals surface area contributed by atoms with Crippen molar-refractivity contribution in [2.45, 2.75) is 46.0 Å². The number of unbranched alkanes of at least 4 members (excludes halogenated alkanes) is 1. The van der Waals surface area contributed by atoms with Crippen molar-refractivity contribution in [2.24, 2.45) is 0 Å². The van der Waals surface area contributed by atoms with E-state index in [-0.39, 0.29) is 11.9 Å². The second-order valence-corrected chi connectivity index (χ2v) is 6.33. The molecule has 1 unspecified atom stereocenters. The summed E-state index contributed by atoms with van der Waals surface area (Å²) in [5, 5.41) is 2.85. The zero-order valence-corrected chi connectivity index (χ0v) is 16.2. The van der Waals surface area contributed by atoms with Crippen molar-refractivity contribution in [3.8, 4) is 5.75 Å². The summed E-state index contributed by atoms with van der Waals surface area (Å²) in [4.78, 5) is 23.3. The third kappa shape index (κ3) is 6.13. The van der Waals surface area contributed by atoms with Gasteiger partial charge in [0, 0.05) is 18.5 Å². The van der Waals surface area contributed by atoms with Gasteiger partial charge in [0.2, 0.25) is 0 Å². The van der Waals surface area contributed by atoms with E-state index < -0.39 is 6.09 Å². The van der Waals surface area contributed by atoms with Crippen LogP contribution in [-0.2, 0) is 9.53 Å². The molecule has 0 aliphatic rings. The van der Waals surface area contributed by atoms with Crippen LogP contribution in [0.4, 0.5) is 10.5 Å². The lowest BCUT2D eigenvalue weighted by molar-refractivity contribution is -0.131. The Morgan fingerprint density at radius 3 is 2.56 bits per heavy atom. The van der Waals surface area contributed by atoms with Crippen molar-refractivity contribution in [2.75, 3.05) is 11.9 Å². The fourth-order valence-corrected chi connectivity index (χ4v) is 2.97. The van der Waals surface area contributed by atoms with Crippen LogP contribution >= 0.6 is 0 Å². The number of para-hydroxylation sites is 1. The molecule has 0 aliphatic carbocycles. The highest BCUT2D eigenvalue weighted by molar-refractivity contribution is 5.86. The van der Waals surface area contributed by atoms with E-state index in [4.69, 9.17) is 9.47 Å². The number of anilines is 1. The average molecular weight is 369 g/mol. The topological polar surface area (TPSA) is 64.6 Å². The van der Waals surface area contributed by atoms with E-state index in [1.165, 1.54) is 6.92 Å². The van der Waals surface area contributed by atoms with E-state index in [1.807, 2.05) is 49.4 Å². The minimum Gasteiger partial charge on any atom is -0.449 e. The molecule has 0 fully saturated rings. The van der Waals surface area contributed by atoms with Gasteiger partial charge < -0.3 is 9.47 Å². The molecule has 0 aliphatic heterocycles. The second-order valence-electron chi connectivity index (χ2n) is 6.33. The number of hydrogen-bond donors (Lipinski definition) is 1. The van der Waals surface area contributed by atoms with Gasteiger partial charge in [0.25, 0.3) is 0 Å². The molecule has 5 nitrogen and oxygen atoms in total. The molecule has 5 heteroatoms. The Kier molecular flexibility index (Phi) is 7.86. The van der Waals surface area contributed by atoms with E-state index in [0.717, 1.165) is 36.1 Å². The molecule has 27 heavy (non-hydrogen) atoms. The van der Waals surface area contributed by atoms with Gasteiger partial charge in [0.15, 0.2) is 0 Å². The highest BCUT2D eigenvalue weighted by atomic mass is 16.5. The van der Waals surface area contributed by atoms with Gasteiger partial charge in [-0.3, -0.25) is 10.1 Å². The van der Waals surface area contributed by atoms with E-state index in [2.05, 4.69) is 12.2 Å². The molecular formula is C22H27NO4. The monoisotopic (exact) mass is 369 g/mol. The maximum absolute atomic E-state index is 12.1. The van der Waals surface area contributed by atoms with Gasteiger partial charge in [-0.15, -0.1) is 0 Å². The molecule has 0 heterocycles. The van der Waals surface area contributed by atoms with E-state index in [9.17, 15) is 9.59 Å². The third-order valence-electron chi connectivity index (χ3n) is 4.23. The van der Waals surface area contributed by atoms with Crippen LogP contribution in [0.2, 0.25) is 0 Å². The highest BCUT2D eigenvalue weighted by Crippen LogP contribution is 2.34. The van der Waals surface area contributed by atoms with Crippen molar-refractivity contribution in [1.82, 2.24) is 0 Å². The number of carbonyl (C=O) groups is 2. The number of carbonyl (C=O) groups excluding carboxylic acids is 2. The Morgan fingerprint density at radius 2 is 1.85 bits per heavy atom. The molecular weight excluding hydrogens is 342 g/mol. The molecule has 144 valence electrons. The molecule has 1 N–H and O–H groups in total. The average Bonchev–Trinajstić information content (AvgIpc) is 2.64. The van der Waals surface area contributed by atoms with E-state index >= 15 is 0 Å². The SMILES string of the molecule is CCCCOC(=O)Nc1ccccc1C(CC)c1cccc(OC(C)=O)c1. The number of benzene rings is 2. The summed E-state index contributed by atoms with van der Waals surface area (Å²) in [7, 11) is 0. The van der Waals surface area contributed by atoms with Crippen LogP contribution in [0.3, 0.4) is 0 Å². The van der Waals surface area contributed by atoms with Crippen LogP contribution in [0.5, 0.6) is 5.75 Å². The van der Waals surface area contributed by atoms with Gasteiger partial charge in [-0.2, -0.15) is 0 Å². The zero-order valence-electron chi connectivity index (χ0n) is 16.2. The standard InChI is InChI=1S/C22H27NO4/c1-4-6-14-26-22(25)23-21-13-8-7-12-20(21)19(5-2)17-10-9-11-18(15-17)27-16(3)24/h7-13,15,19H,4-6,14H2,1-3H3,(H,23,25). The first-order chi connectivity index (χ1) is 13.0. The van der Waals surface area contributed by atoms with Crippen LogP contribution in [0.15, 0.2) is 48.5 Å². The van der Waals surface area contributed by atoms with E-state index in [0.29, 0.717) is 12.4 Å². The number of ether oxygens (including phenoxy) is 2. The van der Waals surface area contributed by atoms with Gasteiger partial charge in [0.05, 0.1) is 6.61 Å². The Hall–Kier alpha value is -2.82. The van der Waals surface area contributed by atoms with Gasteiger partial charge >= 0.3 is 12.1 Å². The van der Waals surface area contributed by atoms with Crippen molar-refractivity contribution < 1.29 is 19.1 Å². The largest absolute Gasteiger partial charge is 0.449 e. The molecule has 2 aromatic rings. The smallest absolute Gasteiger partial charge is 0.411 e. The molecule has 0 saturated carbocycles. The molecule has 1 atom stereocenters. The first-order valence-electron chi connectivity index (χ1n) is 9.36. The summed E-state index contributed by atoms with van der Waals surface area (Å²) >= 11 is 0. The predicted molar refractivity (Wildman–Crippen MR) is 106 cm³/mol. The quantitative estimate of drug-likeness (QED) is 0.379. The number of esters is 1. The third-order valence-corrected chi connectivity index (χ3v) is 4.23. The Morgan fingerprint density at radius 1 is 1.07 bits per heavy atom. The molecule has 0 saturated heterocycles. The summed E-state index contributed by atoms with van der Waals surface area (Å²) in [6.07, 6.45) is 2.20. The predicted octanol–water partition coefficient (Wildman–Crippen LogP) is 5.50. The van der Waals surface area contributed by atoms with Gasteiger partial charge in [-0.25, -0.2) is 4.79 Å². The van der Waals surface area contributed by atoms with Gasteiger partial charge in [-0.05, 0) is 42.2 Å². The number of amides is 1. The summed E-state index contributed by atoms with van der Waals surface area (Å²) in [5.41, 5.74) is 2.74. The molecule has 1 amide bonds. The number of hydrogen-bond acceptors (Lipinski definition) is 4. The minimum atomic E-state index is -0.445. The molecule has 2 aromatic carbocycles. The first kappa shape index (κ1) is 20.5. The summed E-state index contributed by atoms with van der Waals surface area (Å²) < 4.78 is 10.4. The molecule has 0 radical (unpaired) electrons. The molecule has 0 bridgehead atoms. The molecule has 0 aromatic heterocycles. The van der Waals surface area contributed by atoms with Crippen molar-refractivity contribution in [3.63, 3.8) is 0 Å². The lowest BCUT2D eigenvalue weighted by Crippen LogP contribution is -2.16. The van der Waals surface area contributed by atoms with E-state index in [1.54, 1.807) is 6.07 Å². The Bertz CT molecular complexity index is 772. The van der Waals surface area contributed by atoms with Crippen LogP contribution in [0.1, 0.15) is 57.1 Å². The highest BCUT2D eigenvalue weighted by Gasteiger charge is 2.18. The maximum atomic E-state index is 12.1. The maximum Gasteiger partial charge on any atom is 0.411 e. The lowest BCUT2D eigenvalue weighted by atomic mass is 9.88. The van der Waals surface area contributed by atoms with Gasteiger partial charge in [0.1, 0.15) is 5.75 Å². The fourth-order valence-electron chi connectivity index (χ4n) is 2.97. The zero-order chi connectivity index (χ0) is 19.6. The van der Waals surface area contributed by atoms with Crippen molar-refractivity contribution in [3.05, 3.63) is 59.7 Å². The van der Waals surface area contributed by atoms with Crippen molar-refractivity contribution >= 4 is 17.7 Å². The number of nitrogens with one attached hydrogen (secondary N) is 1. The summed E-state index contributed by atoms with van der Waals surface area (Å²) in [6, 6.07) is 15.2. The number of rotatable bonds is 8. The van der Waals surface area contributed by atoms with Crippen LogP contribution in [-0.4, -0.2) is 18.7 Å². The summed E-state index contributed by atoms with van der Waals surface area (Å²) in [6.45, 7) is 5.92. The Balaban J connectivity index is 2.24. The van der Waals surface area contributed by atoms with Crippen LogP contribution < -0.4 is 10.1 Å². The Labute approximate surface area is 160 Å². The molecule has 2 rings (SSSR count). The lowest BCUT2D eigenvalue weighted by Gasteiger charge is -2.20. The van der Waals surface area contributed by atoms with Crippen molar-refractivity contribution in [1.29, 1.82) is 0 Å². The summed E-state index contributed by atoms with van der Waals surface area (Å²) in [5.74, 6) is 0.215. The normalized spacial score (nSPS) is 11.5. The first-order valence-corrected chi connectivity index (χ1v) is 9.36. The fraction of sp³-hybridized carbons (Fsp3) is 0.364. The minimum absolute atomic E-state index is 0.0487. The molecule has 0 spiro atoms. The van der Waals surface area contributed by atoms with Crippen LogP contribution in [0, 0.1) is 0 Å².